The van der Waals surface area contributed by atoms with E-state index >= 15 is 0 Å². The van der Waals surface area contributed by atoms with Crippen LogP contribution in [0.1, 0.15) is 6.42 Å². The predicted octanol–water partition coefficient (Wildman–Crippen LogP) is 0.632. The van der Waals surface area contributed by atoms with Crippen molar-refractivity contribution in [2.75, 3.05) is 20.2 Å². The molecule has 1 amide bonds. The number of nitrogens with two attached hydrogens (primary N) is 1. The van der Waals surface area contributed by atoms with Gasteiger partial charge in [-0.25, -0.2) is 0 Å². The average Bonchev–Trinajstić information content (AvgIpc) is 3.15. The lowest BCUT2D eigenvalue weighted by atomic mass is 10.2. The Hall–Kier alpha value is -1.75. The second kappa shape index (κ2) is 4.74. The third-order valence-electron chi connectivity index (χ3n) is 3.58. The number of ether oxygens (including phenoxy) is 2. The van der Waals surface area contributed by atoms with Crippen LogP contribution in [0, 0.1) is 5.92 Å². The van der Waals surface area contributed by atoms with E-state index in [4.69, 9.17) is 15.2 Å². The predicted molar refractivity (Wildman–Crippen MR) is 70.1 cm³/mol. The Morgan fingerprint density at radius 2 is 2.11 bits per heavy atom. The molecule has 0 aromatic heterocycles. The van der Waals surface area contributed by atoms with Crippen molar-refractivity contribution in [3.05, 3.63) is 24.3 Å². The van der Waals surface area contributed by atoms with Gasteiger partial charge < -0.3 is 20.1 Å². The number of likely N-dealkylation sites (N-methyl/N-ethyl adjacent to an activating group) is 1. The van der Waals surface area contributed by atoms with Gasteiger partial charge in [0.15, 0.2) is 17.6 Å². The zero-order chi connectivity index (χ0) is 13.4. The minimum absolute atomic E-state index is 0.00166. The number of benzene rings is 1. The lowest BCUT2D eigenvalue weighted by Gasteiger charge is -2.29. The van der Waals surface area contributed by atoms with Crippen LogP contribution >= 0.6 is 0 Å². The van der Waals surface area contributed by atoms with Crippen molar-refractivity contribution in [1.29, 1.82) is 0 Å². The van der Waals surface area contributed by atoms with E-state index in [0.29, 0.717) is 13.2 Å². The molecule has 1 saturated carbocycles. The molecule has 5 nitrogen and oxygen atoms in total. The molecule has 3 unspecified atom stereocenters. The van der Waals surface area contributed by atoms with Crippen LogP contribution in [0.4, 0.5) is 0 Å². The van der Waals surface area contributed by atoms with Gasteiger partial charge in [0.25, 0.3) is 0 Å². The molecule has 1 aliphatic carbocycles. The number of carbonyl (C=O) groups excluding carboxylic acids is 1. The van der Waals surface area contributed by atoms with Gasteiger partial charge in [0.05, 0.1) is 12.5 Å². The first kappa shape index (κ1) is 12.3. The van der Waals surface area contributed by atoms with Crippen LogP contribution < -0.4 is 15.2 Å². The highest BCUT2D eigenvalue weighted by Crippen LogP contribution is 2.32. The van der Waals surface area contributed by atoms with Crippen molar-refractivity contribution in [2.45, 2.75) is 18.6 Å². The molecule has 3 rings (SSSR count). The number of hydrogen-bond donors (Lipinski definition) is 1. The highest BCUT2D eigenvalue weighted by Gasteiger charge is 2.42. The van der Waals surface area contributed by atoms with Gasteiger partial charge in [0.1, 0.15) is 6.61 Å². The number of nitrogens with zero attached hydrogens (tertiary/aromatic N) is 1. The molecule has 19 heavy (non-hydrogen) atoms. The SMILES string of the molecule is CN(CC1COc2ccccc2O1)C(=O)C1CC1N. The second-order valence-corrected chi connectivity index (χ2v) is 5.22. The summed E-state index contributed by atoms with van der Waals surface area (Å²) >= 11 is 0. The number of hydrogen-bond acceptors (Lipinski definition) is 4. The van der Waals surface area contributed by atoms with Gasteiger partial charge in [0.2, 0.25) is 5.91 Å². The molecule has 102 valence electrons. The van der Waals surface area contributed by atoms with Crippen LogP contribution in [-0.4, -0.2) is 43.2 Å². The molecule has 1 aromatic carbocycles. The van der Waals surface area contributed by atoms with E-state index in [1.807, 2.05) is 24.3 Å². The zero-order valence-corrected chi connectivity index (χ0v) is 10.9. The monoisotopic (exact) mass is 262 g/mol. The summed E-state index contributed by atoms with van der Waals surface area (Å²) in [6, 6.07) is 7.61. The molecule has 5 heteroatoms. The zero-order valence-electron chi connectivity index (χ0n) is 10.9. The normalized spacial score (nSPS) is 27.8. The fraction of sp³-hybridized carbons (Fsp3) is 0.500. The quantitative estimate of drug-likeness (QED) is 0.868. The maximum atomic E-state index is 12.0. The Morgan fingerprint density at radius 1 is 1.42 bits per heavy atom. The number of amides is 1. The first-order valence-corrected chi connectivity index (χ1v) is 6.54. The summed E-state index contributed by atoms with van der Waals surface area (Å²) < 4.78 is 11.5. The summed E-state index contributed by atoms with van der Waals surface area (Å²) in [5.41, 5.74) is 5.70. The molecular formula is C14H18N2O3. The van der Waals surface area contributed by atoms with Crippen molar-refractivity contribution >= 4 is 5.91 Å². The Morgan fingerprint density at radius 3 is 2.79 bits per heavy atom. The summed E-state index contributed by atoms with van der Waals surface area (Å²) in [6.45, 7) is 0.988. The van der Waals surface area contributed by atoms with Gasteiger partial charge >= 0.3 is 0 Å². The maximum Gasteiger partial charge on any atom is 0.227 e. The molecular weight excluding hydrogens is 244 g/mol. The molecule has 2 N–H and O–H groups in total. The van der Waals surface area contributed by atoms with E-state index in [0.717, 1.165) is 17.9 Å². The fourth-order valence-electron chi connectivity index (χ4n) is 2.33. The number of rotatable bonds is 3. The highest BCUT2D eigenvalue weighted by molar-refractivity contribution is 5.82. The number of para-hydroxylation sites is 2. The first-order chi connectivity index (χ1) is 9.15. The first-order valence-electron chi connectivity index (χ1n) is 6.54. The van der Waals surface area contributed by atoms with Crippen LogP contribution in [0.2, 0.25) is 0 Å². The minimum Gasteiger partial charge on any atom is -0.486 e. The lowest BCUT2D eigenvalue weighted by molar-refractivity contribution is -0.132. The molecule has 3 atom stereocenters. The van der Waals surface area contributed by atoms with Crippen LogP contribution in [0.15, 0.2) is 24.3 Å². The van der Waals surface area contributed by atoms with E-state index in [1.165, 1.54) is 0 Å². The molecule has 1 aliphatic heterocycles. The van der Waals surface area contributed by atoms with Gasteiger partial charge in [-0.15, -0.1) is 0 Å². The molecule has 0 spiro atoms. The average molecular weight is 262 g/mol. The Kier molecular flexibility index (Phi) is 3.06. The fourth-order valence-corrected chi connectivity index (χ4v) is 2.33. The van der Waals surface area contributed by atoms with E-state index in [2.05, 4.69) is 0 Å². The van der Waals surface area contributed by atoms with Crippen LogP contribution in [0.25, 0.3) is 0 Å². The third-order valence-corrected chi connectivity index (χ3v) is 3.58. The summed E-state index contributed by atoms with van der Waals surface area (Å²) in [6.07, 6.45) is 0.674. The molecule has 2 aliphatic rings. The largest absolute Gasteiger partial charge is 0.486 e. The highest BCUT2D eigenvalue weighted by atomic mass is 16.6. The second-order valence-electron chi connectivity index (χ2n) is 5.22. The van der Waals surface area contributed by atoms with Gasteiger partial charge in [-0.1, -0.05) is 12.1 Å². The summed E-state index contributed by atoms with van der Waals surface area (Å²) in [7, 11) is 1.79. The van der Waals surface area contributed by atoms with Crippen LogP contribution in [-0.2, 0) is 4.79 Å². The third kappa shape index (κ3) is 2.51. The molecule has 0 saturated heterocycles. The Bertz CT molecular complexity index is 491. The van der Waals surface area contributed by atoms with Gasteiger partial charge in [0, 0.05) is 13.1 Å². The van der Waals surface area contributed by atoms with Gasteiger partial charge in [-0.3, -0.25) is 4.79 Å². The van der Waals surface area contributed by atoms with Crippen molar-refractivity contribution in [3.63, 3.8) is 0 Å². The van der Waals surface area contributed by atoms with Crippen molar-refractivity contribution in [1.82, 2.24) is 4.90 Å². The van der Waals surface area contributed by atoms with Crippen LogP contribution in [0.5, 0.6) is 11.5 Å². The summed E-state index contributed by atoms with van der Waals surface area (Å²) in [5, 5.41) is 0. The van der Waals surface area contributed by atoms with E-state index in [1.54, 1.807) is 11.9 Å². The van der Waals surface area contributed by atoms with Crippen molar-refractivity contribution < 1.29 is 14.3 Å². The number of fused-ring (bicyclic) bond motifs is 1. The Balaban J connectivity index is 1.58. The molecule has 1 fully saturated rings. The standard InChI is InChI=1S/C14H18N2O3/c1-16(14(17)10-6-11(10)15)7-9-8-18-12-4-2-3-5-13(12)19-9/h2-5,9-11H,6-8,15H2,1H3. The minimum atomic E-state index is -0.126. The number of carbonyl (C=O) groups is 1. The smallest absolute Gasteiger partial charge is 0.227 e. The van der Waals surface area contributed by atoms with Gasteiger partial charge in [-0.05, 0) is 18.6 Å². The summed E-state index contributed by atoms with van der Waals surface area (Å²) in [5.74, 6) is 1.61. The lowest BCUT2D eigenvalue weighted by Crippen LogP contribution is -2.42. The maximum absolute atomic E-state index is 12.0. The Labute approximate surface area is 112 Å². The van der Waals surface area contributed by atoms with E-state index < -0.39 is 0 Å². The van der Waals surface area contributed by atoms with Crippen LogP contribution in [0.3, 0.4) is 0 Å². The molecule has 0 bridgehead atoms. The molecule has 1 heterocycles. The molecule has 1 aromatic rings. The topological polar surface area (TPSA) is 64.8 Å². The van der Waals surface area contributed by atoms with Crippen molar-refractivity contribution in [3.8, 4) is 11.5 Å². The molecule has 0 radical (unpaired) electrons. The van der Waals surface area contributed by atoms with E-state index in [-0.39, 0.29) is 24.0 Å². The van der Waals surface area contributed by atoms with Crippen molar-refractivity contribution in [2.24, 2.45) is 11.7 Å². The summed E-state index contributed by atoms with van der Waals surface area (Å²) in [4.78, 5) is 13.7. The van der Waals surface area contributed by atoms with Gasteiger partial charge in [-0.2, -0.15) is 0 Å². The van der Waals surface area contributed by atoms with E-state index in [9.17, 15) is 4.79 Å².